The molecule has 0 fully saturated rings. The summed E-state index contributed by atoms with van der Waals surface area (Å²) in [7, 11) is 1.82. The third-order valence-electron chi connectivity index (χ3n) is 3.46. The summed E-state index contributed by atoms with van der Waals surface area (Å²) in [6, 6.07) is 5.75. The minimum absolute atomic E-state index is 0. The summed E-state index contributed by atoms with van der Waals surface area (Å²) in [5, 5.41) is 5.84. The number of hydrogen-bond donors (Lipinski definition) is 2. The van der Waals surface area contributed by atoms with Crippen molar-refractivity contribution in [2.24, 2.45) is 0 Å². The maximum atomic E-state index is 11.7. The fourth-order valence-corrected chi connectivity index (χ4v) is 2.46. The van der Waals surface area contributed by atoms with E-state index in [2.05, 4.69) is 10.6 Å². The van der Waals surface area contributed by atoms with Crippen molar-refractivity contribution in [1.29, 1.82) is 0 Å². The number of aryl methyl sites for hydroxylation is 1. The first-order valence-electron chi connectivity index (χ1n) is 6.97. The molecule has 0 atom stereocenters. The number of rotatable bonds is 4. The lowest BCUT2D eigenvalue weighted by atomic mass is 10.0. The van der Waals surface area contributed by atoms with Crippen molar-refractivity contribution < 1.29 is 9.59 Å². The molecule has 0 aromatic heterocycles. The maximum absolute atomic E-state index is 11.7. The predicted octanol–water partition coefficient (Wildman–Crippen LogP) is 1.96. The molecular weight excluding hydrogens is 290 g/mol. The van der Waals surface area contributed by atoms with Gasteiger partial charge in [-0.1, -0.05) is 0 Å². The second-order valence-corrected chi connectivity index (χ2v) is 5.02. The Balaban J connectivity index is 0.00000220. The van der Waals surface area contributed by atoms with Crippen molar-refractivity contribution in [2.75, 3.05) is 30.4 Å². The Hall–Kier alpha value is -1.59. The Morgan fingerprint density at radius 1 is 1.33 bits per heavy atom. The molecule has 1 aliphatic rings. The molecule has 21 heavy (non-hydrogen) atoms. The Kier molecular flexibility index (Phi) is 6.65. The van der Waals surface area contributed by atoms with Crippen LogP contribution in [0, 0.1) is 0 Å². The molecule has 2 N–H and O–H groups in total. The number of benzene rings is 1. The van der Waals surface area contributed by atoms with Crippen LogP contribution in [0.3, 0.4) is 0 Å². The van der Waals surface area contributed by atoms with E-state index in [9.17, 15) is 9.59 Å². The monoisotopic (exact) mass is 311 g/mol. The molecule has 0 saturated carbocycles. The van der Waals surface area contributed by atoms with E-state index >= 15 is 0 Å². The third kappa shape index (κ3) is 4.44. The number of fused-ring (bicyclic) bond motifs is 1. The fourth-order valence-electron chi connectivity index (χ4n) is 2.46. The standard InChI is InChI=1S/C15H21N3O2.ClH/c1-11(19)18-9-3-4-12-10-13(5-6-14(12)18)17-15(20)7-8-16-2;/h5-6,10,16H,3-4,7-9H2,1-2H3,(H,17,20);1H. The molecule has 1 aliphatic heterocycles. The van der Waals surface area contributed by atoms with E-state index < -0.39 is 0 Å². The van der Waals surface area contributed by atoms with Gasteiger partial charge in [-0.2, -0.15) is 0 Å². The summed E-state index contributed by atoms with van der Waals surface area (Å²) in [5.74, 6) is 0.0651. The maximum Gasteiger partial charge on any atom is 0.225 e. The first-order valence-corrected chi connectivity index (χ1v) is 6.97. The molecule has 2 amide bonds. The number of nitrogens with one attached hydrogen (secondary N) is 2. The molecule has 1 aromatic rings. The van der Waals surface area contributed by atoms with E-state index in [-0.39, 0.29) is 24.2 Å². The van der Waals surface area contributed by atoms with Gasteiger partial charge in [-0.3, -0.25) is 9.59 Å². The van der Waals surface area contributed by atoms with Gasteiger partial charge in [-0.05, 0) is 43.7 Å². The van der Waals surface area contributed by atoms with Crippen molar-refractivity contribution in [3.05, 3.63) is 23.8 Å². The van der Waals surface area contributed by atoms with Crippen LogP contribution in [0.4, 0.5) is 11.4 Å². The molecule has 0 bridgehead atoms. The molecule has 0 unspecified atom stereocenters. The average molecular weight is 312 g/mol. The third-order valence-corrected chi connectivity index (χ3v) is 3.46. The zero-order chi connectivity index (χ0) is 14.5. The Labute approximate surface area is 131 Å². The highest BCUT2D eigenvalue weighted by Crippen LogP contribution is 2.29. The van der Waals surface area contributed by atoms with Gasteiger partial charge < -0.3 is 15.5 Å². The van der Waals surface area contributed by atoms with Crippen molar-refractivity contribution in [1.82, 2.24) is 5.32 Å². The van der Waals surface area contributed by atoms with Gasteiger partial charge in [0.25, 0.3) is 0 Å². The van der Waals surface area contributed by atoms with Gasteiger partial charge in [-0.25, -0.2) is 0 Å². The summed E-state index contributed by atoms with van der Waals surface area (Å²) >= 11 is 0. The normalized spacial score (nSPS) is 13.1. The highest BCUT2D eigenvalue weighted by molar-refractivity contribution is 5.94. The molecule has 116 valence electrons. The molecule has 0 radical (unpaired) electrons. The minimum atomic E-state index is -0.00136. The summed E-state index contributed by atoms with van der Waals surface area (Å²) in [4.78, 5) is 25.1. The van der Waals surface area contributed by atoms with Gasteiger partial charge >= 0.3 is 0 Å². The molecule has 6 heteroatoms. The van der Waals surface area contributed by atoms with Crippen LogP contribution in [0.2, 0.25) is 0 Å². The number of halogens is 1. The van der Waals surface area contributed by atoms with Crippen LogP contribution in [0.5, 0.6) is 0 Å². The van der Waals surface area contributed by atoms with Gasteiger partial charge in [0.15, 0.2) is 0 Å². The number of anilines is 2. The topological polar surface area (TPSA) is 61.4 Å². The minimum Gasteiger partial charge on any atom is -0.326 e. The van der Waals surface area contributed by atoms with Crippen molar-refractivity contribution >= 4 is 35.6 Å². The van der Waals surface area contributed by atoms with Crippen LogP contribution in [-0.4, -0.2) is 32.0 Å². The summed E-state index contributed by atoms with van der Waals surface area (Å²) < 4.78 is 0. The second kappa shape index (κ2) is 8.00. The molecule has 0 aliphatic carbocycles. The van der Waals surface area contributed by atoms with Crippen LogP contribution >= 0.6 is 12.4 Å². The van der Waals surface area contributed by atoms with E-state index in [4.69, 9.17) is 0 Å². The van der Waals surface area contributed by atoms with E-state index in [1.165, 1.54) is 0 Å². The Morgan fingerprint density at radius 2 is 2.10 bits per heavy atom. The van der Waals surface area contributed by atoms with E-state index in [1.807, 2.05) is 25.2 Å². The van der Waals surface area contributed by atoms with Gasteiger partial charge in [0.05, 0.1) is 0 Å². The Morgan fingerprint density at radius 3 is 2.76 bits per heavy atom. The number of carbonyl (C=O) groups is 2. The molecule has 0 saturated heterocycles. The molecule has 1 heterocycles. The van der Waals surface area contributed by atoms with Crippen molar-refractivity contribution in [3.63, 3.8) is 0 Å². The molecule has 2 rings (SSSR count). The summed E-state index contributed by atoms with van der Waals surface area (Å²) in [6.45, 7) is 3.02. The van der Waals surface area contributed by atoms with Crippen LogP contribution in [-0.2, 0) is 16.0 Å². The van der Waals surface area contributed by atoms with Gasteiger partial charge in [0, 0.05) is 37.8 Å². The van der Waals surface area contributed by atoms with Gasteiger partial charge in [0.2, 0.25) is 11.8 Å². The SMILES string of the molecule is CNCCC(=O)Nc1ccc2c(c1)CCCN2C(C)=O.Cl. The van der Waals surface area contributed by atoms with Crippen LogP contribution in [0.1, 0.15) is 25.3 Å². The predicted molar refractivity (Wildman–Crippen MR) is 87.2 cm³/mol. The zero-order valence-electron chi connectivity index (χ0n) is 12.4. The Bertz CT molecular complexity index is 520. The lowest BCUT2D eigenvalue weighted by Gasteiger charge is -2.29. The number of hydrogen-bond acceptors (Lipinski definition) is 3. The molecular formula is C15H22ClN3O2. The van der Waals surface area contributed by atoms with Crippen LogP contribution in [0.25, 0.3) is 0 Å². The average Bonchev–Trinajstić information content (AvgIpc) is 2.44. The quantitative estimate of drug-likeness (QED) is 0.893. The first-order chi connectivity index (χ1) is 9.61. The van der Waals surface area contributed by atoms with Crippen LogP contribution in [0.15, 0.2) is 18.2 Å². The first kappa shape index (κ1) is 17.5. The fraction of sp³-hybridized carbons (Fsp3) is 0.467. The van der Waals surface area contributed by atoms with Crippen molar-refractivity contribution in [3.8, 4) is 0 Å². The van der Waals surface area contributed by atoms with Crippen LogP contribution < -0.4 is 15.5 Å². The highest BCUT2D eigenvalue weighted by atomic mass is 35.5. The molecule has 5 nitrogen and oxygen atoms in total. The largest absolute Gasteiger partial charge is 0.326 e. The van der Waals surface area contributed by atoms with Gasteiger partial charge in [0.1, 0.15) is 0 Å². The van der Waals surface area contributed by atoms with Gasteiger partial charge in [-0.15, -0.1) is 12.4 Å². The number of amides is 2. The second-order valence-electron chi connectivity index (χ2n) is 5.02. The highest BCUT2D eigenvalue weighted by Gasteiger charge is 2.20. The van der Waals surface area contributed by atoms with Crippen molar-refractivity contribution in [2.45, 2.75) is 26.2 Å². The molecule has 1 aromatic carbocycles. The lowest BCUT2D eigenvalue weighted by Crippen LogP contribution is -2.33. The summed E-state index contributed by atoms with van der Waals surface area (Å²) in [6.07, 6.45) is 2.36. The number of carbonyl (C=O) groups excluding carboxylic acids is 2. The molecule has 0 spiro atoms. The smallest absolute Gasteiger partial charge is 0.225 e. The lowest BCUT2D eigenvalue weighted by molar-refractivity contribution is -0.117. The van der Waals surface area contributed by atoms with E-state index in [0.29, 0.717) is 13.0 Å². The summed E-state index contributed by atoms with van der Waals surface area (Å²) in [5.41, 5.74) is 2.89. The number of nitrogens with zero attached hydrogens (tertiary/aromatic N) is 1. The van der Waals surface area contributed by atoms with E-state index in [1.54, 1.807) is 11.8 Å². The zero-order valence-corrected chi connectivity index (χ0v) is 13.3. The van der Waals surface area contributed by atoms with E-state index in [0.717, 1.165) is 36.3 Å².